The van der Waals surface area contributed by atoms with Crippen LogP contribution < -0.4 is 4.74 Å². The predicted octanol–water partition coefficient (Wildman–Crippen LogP) is 3.18. The summed E-state index contributed by atoms with van der Waals surface area (Å²) in [6.07, 6.45) is 4.13. The van der Waals surface area contributed by atoms with Crippen molar-refractivity contribution in [2.45, 2.75) is 57.7 Å². The van der Waals surface area contributed by atoms with Crippen LogP contribution in [0.5, 0.6) is 5.75 Å². The lowest BCUT2D eigenvalue weighted by Gasteiger charge is -2.49. The van der Waals surface area contributed by atoms with Crippen LogP contribution in [0.25, 0.3) is 10.9 Å². The number of hydrogen-bond acceptors (Lipinski definition) is 3. The van der Waals surface area contributed by atoms with E-state index in [9.17, 15) is 9.59 Å². The Morgan fingerprint density at radius 3 is 2.75 bits per heavy atom. The fourth-order valence-corrected chi connectivity index (χ4v) is 6.14. The number of amides is 2. The summed E-state index contributed by atoms with van der Waals surface area (Å²) in [4.78, 5) is 33.3. The smallest absolute Gasteiger partial charge is 0.270 e. The molecule has 6 heteroatoms. The maximum atomic E-state index is 13.6. The van der Waals surface area contributed by atoms with Gasteiger partial charge in [0.2, 0.25) is 5.91 Å². The molecule has 2 amide bonds. The van der Waals surface area contributed by atoms with Crippen molar-refractivity contribution in [1.82, 2.24) is 14.8 Å². The number of likely N-dealkylation sites (tertiary alicyclic amines) is 2. The third kappa shape index (κ3) is 2.33. The molecular formula is C22H27N3O3. The van der Waals surface area contributed by atoms with Gasteiger partial charge in [-0.1, -0.05) is 6.92 Å². The zero-order valence-corrected chi connectivity index (χ0v) is 16.7. The van der Waals surface area contributed by atoms with Gasteiger partial charge in [0.15, 0.2) is 0 Å². The van der Waals surface area contributed by atoms with E-state index in [2.05, 4.69) is 16.8 Å². The summed E-state index contributed by atoms with van der Waals surface area (Å²) in [6, 6.07) is 8.27. The van der Waals surface area contributed by atoms with Gasteiger partial charge >= 0.3 is 0 Å². The fourth-order valence-electron chi connectivity index (χ4n) is 6.14. The minimum Gasteiger partial charge on any atom is -0.497 e. The average Bonchev–Trinajstić information content (AvgIpc) is 3.22. The number of hydrogen-bond donors (Lipinski definition) is 1. The van der Waals surface area contributed by atoms with Crippen LogP contribution in [-0.4, -0.2) is 58.4 Å². The van der Waals surface area contributed by atoms with Gasteiger partial charge in [0.1, 0.15) is 11.4 Å². The number of carbonyl (C=O) groups excluding carboxylic acids is 2. The minimum absolute atomic E-state index is 0.00225. The molecule has 1 aliphatic carbocycles. The molecule has 0 radical (unpaired) electrons. The van der Waals surface area contributed by atoms with Crippen molar-refractivity contribution in [3.63, 3.8) is 0 Å². The van der Waals surface area contributed by atoms with Crippen molar-refractivity contribution in [2.24, 2.45) is 5.41 Å². The molecular weight excluding hydrogens is 354 g/mol. The van der Waals surface area contributed by atoms with Crippen molar-refractivity contribution in [2.75, 3.05) is 13.7 Å². The van der Waals surface area contributed by atoms with Crippen molar-refractivity contribution >= 4 is 22.7 Å². The van der Waals surface area contributed by atoms with Gasteiger partial charge in [0.25, 0.3) is 5.91 Å². The highest BCUT2D eigenvalue weighted by Gasteiger charge is 2.61. The summed E-state index contributed by atoms with van der Waals surface area (Å²) in [5.74, 6) is 0.968. The van der Waals surface area contributed by atoms with Crippen LogP contribution in [0.2, 0.25) is 0 Å². The van der Waals surface area contributed by atoms with Gasteiger partial charge in [-0.25, -0.2) is 0 Å². The normalized spacial score (nSPS) is 31.3. The molecule has 2 aliphatic heterocycles. The monoisotopic (exact) mass is 381 g/mol. The molecule has 2 saturated heterocycles. The van der Waals surface area contributed by atoms with Gasteiger partial charge in [0.05, 0.1) is 13.2 Å². The van der Waals surface area contributed by atoms with Crippen LogP contribution in [0.15, 0.2) is 24.3 Å². The molecule has 3 aliphatic rings. The summed E-state index contributed by atoms with van der Waals surface area (Å²) in [5.41, 5.74) is 1.55. The molecule has 2 bridgehead atoms. The lowest BCUT2D eigenvalue weighted by molar-refractivity contribution is -0.137. The lowest BCUT2D eigenvalue weighted by atomic mass is 9.66. The number of aromatic amines is 1. The van der Waals surface area contributed by atoms with E-state index in [0.717, 1.165) is 42.3 Å². The standard InChI is InChI=1S/C22H27N3O3/c1-13(26)24-12-15-11-22(2)19(24)5-4-6-20(22)25(15)21(27)18-10-14-9-16(28-3)7-8-17(14)23-18/h7-10,15,19-20,23H,4-6,11-12H2,1-3H3/t15-,19+,20-,22+/m0/s1. The number of ether oxygens (including phenoxy) is 1. The number of nitrogens with zero attached hydrogens (tertiary/aromatic N) is 2. The number of fused-ring (bicyclic) bond motifs is 2. The van der Waals surface area contributed by atoms with E-state index in [4.69, 9.17) is 4.74 Å². The van der Waals surface area contributed by atoms with Crippen LogP contribution >= 0.6 is 0 Å². The average molecular weight is 381 g/mol. The van der Waals surface area contributed by atoms with Gasteiger partial charge in [-0.3, -0.25) is 9.59 Å². The Balaban J connectivity index is 1.52. The van der Waals surface area contributed by atoms with Gasteiger partial charge in [-0.15, -0.1) is 0 Å². The highest BCUT2D eigenvalue weighted by Crippen LogP contribution is 2.54. The van der Waals surface area contributed by atoms with E-state index in [0.29, 0.717) is 12.2 Å². The molecule has 3 heterocycles. The second kappa shape index (κ2) is 6.00. The summed E-state index contributed by atoms with van der Waals surface area (Å²) >= 11 is 0. The maximum absolute atomic E-state index is 13.6. The molecule has 1 N–H and O–H groups in total. The molecule has 0 unspecified atom stereocenters. The molecule has 1 saturated carbocycles. The van der Waals surface area contributed by atoms with Crippen LogP contribution in [0, 0.1) is 5.41 Å². The van der Waals surface area contributed by atoms with Crippen molar-refractivity contribution < 1.29 is 14.3 Å². The molecule has 0 spiro atoms. The summed E-state index contributed by atoms with van der Waals surface area (Å²) in [7, 11) is 1.64. The van der Waals surface area contributed by atoms with E-state index in [1.807, 2.05) is 29.2 Å². The highest BCUT2D eigenvalue weighted by atomic mass is 16.5. The van der Waals surface area contributed by atoms with E-state index in [1.54, 1.807) is 14.0 Å². The van der Waals surface area contributed by atoms with E-state index < -0.39 is 0 Å². The number of methoxy groups -OCH3 is 1. The molecule has 28 heavy (non-hydrogen) atoms. The van der Waals surface area contributed by atoms with E-state index in [1.165, 1.54) is 0 Å². The van der Waals surface area contributed by atoms with Gasteiger partial charge in [-0.2, -0.15) is 0 Å². The van der Waals surface area contributed by atoms with Gasteiger partial charge in [-0.05, 0) is 49.9 Å². The van der Waals surface area contributed by atoms with E-state index in [-0.39, 0.29) is 35.4 Å². The Kier molecular flexibility index (Phi) is 3.77. The second-order valence-electron chi connectivity index (χ2n) is 8.85. The lowest BCUT2D eigenvalue weighted by Crippen LogP contribution is -2.57. The Hall–Kier alpha value is -2.50. The van der Waals surface area contributed by atoms with Crippen LogP contribution in [0.4, 0.5) is 0 Å². The first-order chi connectivity index (χ1) is 13.4. The zero-order valence-electron chi connectivity index (χ0n) is 16.7. The summed E-state index contributed by atoms with van der Waals surface area (Å²) in [6.45, 7) is 4.60. The zero-order chi connectivity index (χ0) is 19.6. The molecule has 1 aromatic carbocycles. The molecule has 6 nitrogen and oxygen atoms in total. The number of carbonyl (C=O) groups is 2. The quantitative estimate of drug-likeness (QED) is 0.869. The minimum atomic E-state index is -0.00225. The first kappa shape index (κ1) is 17.6. The van der Waals surface area contributed by atoms with Crippen molar-refractivity contribution in [3.05, 3.63) is 30.0 Å². The molecule has 2 aromatic rings. The topological polar surface area (TPSA) is 65.6 Å². The third-order valence-corrected chi connectivity index (χ3v) is 7.36. The Bertz CT molecular complexity index is 967. The number of piperidine rings is 1. The molecule has 1 aromatic heterocycles. The summed E-state index contributed by atoms with van der Waals surface area (Å²) < 4.78 is 5.30. The van der Waals surface area contributed by atoms with Crippen LogP contribution in [-0.2, 0) is 4.79 Å². The van der Waals surface area contributed by atoms with E-state index >= 15 is 0 Å². The molecule has 5 rings (SSSR count). The molecule has 3 fully saturated rings. The first-order valence-electron chi connectivity index (χ1n) is 10.2. The Labute approximate surface area is 164 Å². The second-order valence-corrected chi connectivity index (χ2v) is 8.85. The number of nitrogens with one attached hydrogen (secondary N) is 1. The maximum Gasteiger partial charge on any atom is 0.270 e. The van der Waals surface area contributed by atoms with Crippen molar-refractivity contribution in [3.8, 4) is 5.75 Å². The number of benzene rings is 1. The number of aromatic nitrogens is 1. The first-order valence-corrected chi connectivity index (χ1v) is 10.2. The van der Waals surface area contributed by atoms with Crippen LogP contribution in [0.1, 0.15) is 50.0 Å². The fraction of sp³-hybridized carbons (Fsp3) is 0.545. The highest BCUT2D eigenvalue weighted by molar-refractivity contribution is 5.99. The molecule has 148 valence electrons. The summed E-state index contributed by atoms with van der Waals surface area (Å²) in [5, 5.41) is 0.975. The number of rotatable bonds is 2. The number of H-pyrrole nitrogens is 1. The predicted molar refractivity (Wildman–Crippen MR) is 106 cm³/mol. The Morgan fingerprint density at radius 1 is 1.21 bits per heavy atom. The van der Waals surface area contributed by atoms with Crippen molar-refractivity contribution in [1.29, 1.82) is 0 Å². The van der Waals surface area contributed by atoms with Crippen LogP contribution in [0.3, 0.4) is 0 Å². The third-order valence-electron chi connectivity index (χ3n) is 7.36. The van der Waals surface area contributed by atoms with Gasteiger partial charge < -0.3 is 19.5 Å². The molecule has 4 atom stereocenters. The Morgan fingerprint density at radius 2 is 2.00 bits per heavy atom. The largest absolute Gasteiger partial charge is 0.497 e. The SMILES string of the molecule is COc1ccc2[nH]c(C(=O)N3[C@@H]4CN(C(C)=O)[C@@H]5CCC[C@H]3[C@]5(C)C4)cc2c1. The van der Waals surface area contributed by atoms with Gasteiger partial charge in [0, 0.05) is 41.9 Å².